The zero-order valence-corrected chi connectivity index (χ0v) is 40.4. The minimum atomic E-state index is -0.535. The standard InChI is InChI=1S/C71H50N2/c1-4-19-49(20-5-1)51-35-39-58(40-36-51)72(60-42-43-63-62-30-12-15-32-66(62)71(67(63)48-60,56-25-6-2-7-26-56)57-27-8-3-9-28-57)68-33-16-13-29-61(68)55-24-18-23-52(45-55)54-38-44-70-65(47-54)64-31-14-17-34-69(64)73(70)59-41-37-50-21-10-11-22-53(50)46-59/h1-10,12-21,23-48H,11,22H2. The summed E-state index contributed by atoms with van der Waals surface area (Å²) in [7, 11) is 0. The number of aromatic nitrogens is 1. The number of hydrogen-bond donors (Lipinski definition) is 0. The fourth-order valence-corrected chi connectivity index (χ4v) is 12.2. The summed E-state index contributed by atoms with van der Waals surface area (Å²) in [5.74, 6) is 0. The van der Waals surface area contributed by atoms with Crippen LogP contribution in [0.25, 0.3) is 78.1 Å². The first-order valence-corrected chi connectivity index (χ1v) is 25.5. The van der Waals surface area contributed by atoms with E-state index in [4.69, 9.17) is 0 Å². The highest BCUT2D eigenvalue weighted by Crippen LogP contribution is 2.57. The minimum Gasteiger partial charge on any atom is -0.310 e. The third-order valence-electron chi connectivity index (χ3n) is 15.5. The second-order valence-electron chi connectivity index (χ2n) is 19.5. The summed E-state index contributed by atoms with van der Waals surface area (Å²) in [5.41, 5.74) is 23.8. The van der Waals surface area contributed by atoms with E-state index in [1.54, 1.807) is 0 Å². The highest BCUT2D eigenvalue weighted by atomic mass is 15.1. The number of benzene rings is 11. The average molecular weight is 931 g/mol. The van der Waals surface area contributed by atoms with Crippen LogP contribution < -0.4 is 4.90 Å². The Morgan fingerprint density at radius 1 is 0.370 bits per heavy atom. The highest BCUT2D eigenvalue weighted by Gasteiger charge is 2.46. The molecule has 0 saturated heterocycles. The number of fused-ring (bicyclic) bond motifs is 7. The number of aryl methyl sites for hydroxylation is 1. The van der Waals surface area contributed by atoms with E-state index in [1.807, 2.05) is 0 Å². The summed E-state index contributed by atoms with van der Waals surface area (Å²) in [6, 6.07) is 99.0. The fraction of sp³-hybridized carbons (Fsp3) is 0.0423. The molecule has 0 saturated carbocycles. The number of rotatable bonds is 9. The third-order valence-corrected chi connectivity index (χ3v) is 15.5. The normalized spacial score (nSPS) is 13.2. The van der Waals surface area contributed by atoms with Crippen molar-refractivity contribution < 1.29 is 0 Å². The predicted octanol–water partition coefficient (Wildman–Crippen LogP) is 18.6. The van der Waals surface area contributed by atoms with Crippen molar-refractivity contribution in [3.63, 3.8) is 0 Å². The van der Waals surface area contributed by atoms with Crippen LogP contribution >= 0.6 is 0 Å². The van der Waals surface area contributed by atoms with Gasteiger partial charge in [0.1, 0.15) is 0 Å². The Morgan fingerprint density at radius 3 is 1.78 bits per heavy atom. The lowest BCUT2D eigenvalue weighted by atomic mass is 9.67. The molecule has 14 rings (SSSR count). The average Bonchev–Trinajstić information content (AvgIpc) is 3.96. The van der Waals surface area contributed by atoms with Gasteiger partial charge in [-0.05, 0) is 152 Å². The maximum atomic E-state index is 2.47. The zero-order chi connectivity index (χ0) is 48.3. The van der Waals surface area contributed by atoms with Crippen LogP contribution in [0, 0.1) is 0 Å². The molecule has 73 heavy (non-hydrogen) atoms. The van der Waals surface area contributed by atoms with Crippen LogP contribution in [0.3, 0.4) is 0 Å². The molecule has 0 aliphatic heterocycles. The Bertz CT molecular complexity index is 4030. The first-order valence-electron chi connectivity index (χ1n) is 25.5. The van der Waals surface area contributed by atoms with Gasteiger partial charge in [0, 0.05) is 33.4 Å². The molecule has 11 aromatic carbocycles. The summed E-state index contributed by atoms with van der Waals surface area (Å²) in [6.45, 7) is 0. The van der Waals surface area contributed by atoms with Crippen molar-refractivity contribution in [2.45, 2.75) is 18.3 Å². The SMILES string of the molecule is C1=Cc2ccc(-n3c4ccccc4c4cc(-c5cccc(-c6ccccc6N(c6ccc(-c7ccccc7)cc6)c6ccc7c(c6)C(c6ccccc6)(c6ccccc6)c6ccccc6-7)c5)ccc43)cc2CC1. The maximum absolute atomic E-state index is 2.47. The van der Waals surface area contributed by atoms with Crippen molar-refractivity contribution >= 4 is 44.9 Å². The predicted molar refractivity (Wildman–Crippen MR) is 306 cm³/mol. The van der Waals surface area contributed by atoms with Gasteiger partial charge in [0.25, 0.3) is 0 Å². The number of allylic oxidation sites excluding steroid dienone is 1. The van der Waals surface area contributed by atoms with Gasteiger partial charge in [-0.1, -0.05) is 212 Å². The molecule has 1 heterocycles. The Balaban J connectivity index is 0.928. The molecule has 2 aliphatic rings. The quantitative estimate of drug-likeness (QED) is 0.140. The van der Waals surface area contributed by atoms with Crippen LogP contribution in [0.1, 0.15) is 39.8 Å². The van der Waals surface area contributed by atoms with E-state index in [0.29, 0.717) is 0 Å². The van der Waals surface area contributed by atoms with E-state index in [-0.39, 0.29) is 0 Å². The summed E-state index contributed by atoms with van der Waals surface area (Å²) in [4.78, 5) is 2.47. The molecule has 12 aromatic rings. The van der Waals surface area contributed by atoms with Gasteiger partial charge in [-0.3, -0.25) is 0 Å². The van der Waals surface area contributed by atoms with Crippen molar-refractivity contribution in [3.05, 3.63) is 306 Å². The van der Waals surface area contributed by atoms with Gasteiger partial charge in [0.2, 0.25) is 0 Å². The van der Waals surface area contributed by atoms with Crippen LogP contribution in [-0.2, 0) is 11.8 Å². The molecule has 0 atom stereocenters. The molecule has 0 bridgehead atoms. The Labute approximate surface area is 427 Å². The minimum absolute atomic E-state index is 0.535. The van der Waals surface area contributed by atoms with E-state index >= 15 is 0 Å². The number of anilines is 3. The van der Waals surface area contributed by atoms with E-state index in [9.17, 15) is 0 Å². The van der Waals surface area contributed by atoms with E-state index < -0.39 is 5.41 Å². The Hall–Kier alpha value is -9.24. The third kappa shape index (κ3) is 7.01. The van der Waals surface area contributed by atoms with Gasteiger partial charge in [-0.25, -0.2) is 0 Å². The fourth-order valence-electron chi connectivity index (χ4n) is 12.2. The zero-order valence-electron chi connectivity index (χ0n) is 40.4. The first kappa shape index (κ1) is 42.6. The maximum Gasteiger partial charge on any atom is 0.0714 e. The van der Waals surface area contributed by atoms with Crippen molar-refractivity contribution in [2.75, 3.05) is 4.90 Å². The molecule has 2 nitrogen and oxygen atoms in total. The van der Waals surface area contributed by atoms with Gasteiger partial charge in [-0.15, -0.1) is 0 Å². The monoisotopic (exact) mass is 930 g/mol. The lowest BCUT2D eigenvalue weighted by Crippen LogP contribution is -2.28. The number of hydrogen-bond acceptors (Lipinski definition) is 1. The molecule has 0 amide bonds. The topological polar surface area (TPSA) is 8.17 Å². The van der Waals surface area contributed by atoms with Crippen LogP contribution in [0.4, 0.5) is 17.1 Å². The molecular formula is C71H50N2. The van der Waals surface area contributed by atoms with Gasteiger partial charge in [0.05, 0.1) is 22.1 Å². The van der Waals surface area contributed by atoms with E-state index in [1.165, 1.54) is 94.3 Å². The summed E-state index contributed by atoms with van der Waals surface area (Å²) < 4.78 is 2.45. The second kappa shape index (κ2) is 17.6. The molecule has 0 N–H and O–H groups in total. The molecule has 0 spiro atoms. The van der Waals surface area contributed by atoms with Gasteiger partial charge >= 0.3 is 0 Å². The smallest absolute Gasteiger partial charge is 0.0714 e. The van der Waals surface area contributed by atoms with E-state index in [0.717, 1.165) is 41.0 Å². The van der Waals surface area contributed by atoms with Crippen LogP contribution in [0.2, 0.25) is 0 Å². The second-order valence-corrected chi connectivity index (χ2v) is 19.5. The number of para-hydroxylation sites is 2. The van der Waals surface area contributed by atoms with Crippen molar-refractivity contribution in [1.29, 1.82) is 0 Å². The highest BCUT2D eigenvalue weighted by molar-refractivity contribution is 6.10. The summed E-state index contributed by atoms with van der Waals surface area (Å²) >= 11 is 0. The van der Waals surface area contributed by atoms with Crippen molar-refractivity contribution in [3.8, 4) is 50.2 Å². The van der Waals surface area contributed by atoms with Crippen LogP contribution in [-0.4, -0.2) is 4.57 Å². The van der Waals surface area contributed by atoms with Crippen LogP contribution in [0.5, 0.6) is 0 Å². The molecule has 1 aromatic heterocycles. The molecular weight excluding hydrogens is 881 g/mol. The summed E-state index contributed by atoms with van der Waals surface area (Å²) in [5, 5.41) is 2.51. The molecule has 2 heteroatoms. The molecule has 0 unspecified atom stereocenters. The van der Waals surface area contributed by atoms with Crippen molar-refractivity contribution in [2.24, 2.45) is 0 Å². The molecule has 0 fully saturated rings. The van der Waals surface area contributed by atoms with Crippen molar-refractivity contribution in [1.82, 2.24) is 4.57 Å². The van der Waals surface area contributed by atoms with Gasteiger partial charge < -0.3 is 9.47 Å². The lowest BCUT2D eigenvalue weighted by molar-refractivity contribution is 0.768. The van der Waals surface area contributed by atoms with E-state index in [2.05, 4.69) is 289 Å². The Kier molecular flexibility index (Phi) is 10.3. The number of nitrogens with zero attached hydrogens (tertiary/aromatic N) is 2. The first-order chi connectivity index (χ1) is 36.2. The Morgan fingerprint density at radius 2 is 0.973 bits per heavy atom. The summed E-state index contributed by atoms with van der Waals surface area (Å²) in [6.07, 6.45) is 6.71. The lowest BCUT2D eigenvalue weighted by Gasteiger charge is -2.35. The van der Waals surface area contributed by atoms with Gasteiger partial charge in [-0.2, -0.15) is 0 Å². The molecule has 0 radical (unpaired) electrons. The molecule has 344 valence electrons. The molecule has 2 aliphatic carbocycles. The van der Waals surface area contributed by atoms with Gasteiger partial charge in [0.15, 0.2) is 0 Å². The van der Waals surface area contributed by atoms with Crippen LogP contribution in [0.15, 0.2) is 273 Å². The largest absolute Gasteiger partial charge is 0.310 e.